The van der Waals surface area contributed by atoms with Crippen molar-refractivity contribution in [2.75, 3.05) is 19.8 Å². The molecule has 52 heavy (non-hydrogen) atoms. The Morgan fingerprint density at radius 1 is 0.673 bits per heavy atom. The number of fused-ring (bicyclic) bond motifs is 7. The second-order valence-corrected chi connectivity index (χ2v) is 18.7. The van der Waals surface area contributed by atoms with E-state index in [1.54, 1.807) is 0 Å². The summed E-state index contributed by atoms with van der Waals surface area (Å²) in [6.07, 6.45) is -3.88. The number of aliphatic hydroxyl groups excluding tert-OH is 7. The summed E-state index contributed by atoms with van der Waals surface area (Å²) in [4.78, 5) is 0. The topological polar surface area (TPSA) is 197 Å². The van der Waals surface area contributed by atoms with E-state index in [-0.39, 0.29) is 23.0 Å². The summed E-state index contributed by atoms with van der Waals surface area (Å²) in [5.41, 5.74) is 0.425. The zero-order valence-corrected chi connectivity index (χ0v) is 31.2. The Labute approximate surface area is 307 Å². The van der Waals surface area contributed by atoms with Gasteiger partial charge in [0.25, 0.3) is 0 Å². The summed E-state index contributed by atoms with van der Waals surface area (Å²) in [7, 11) is 0. The molecule has 0 radical (unpaired) electrons. The van der Waals surface area contributed by atoms with E-state index in [2.05, 4.69) is 27.7 Å². The number of hydrogen-bond donors (Lipinski definition) is 7. The molecule has 0 aromatic rings. The van der Waals surface area contributed by atoms with E-state index in [1.807, 2.05) is 0 Å². The van der Waals surface area contributed by atoms with Crippen LogP contribution in [0.1, 0.15) is 91.9 Å². The number of rotatable bonds is 6. The maximum atomic E-state index is 11.1. The summed E-state index contributed by atoms with van der Waals surface area (Å²) >= 11 is 0. The van der Waals surface area contributed by atoms with Crippen molar-refractivity contribution in [2.45, 2.75) is 171 Å². The predicted molar refractivity (Wildman–Crippen MR) is 183 cm³/mol. The van der Waals surface area contributed by atoms with Crippen molar-refractivity contribution in [1.82, 2.24) is 0 Å². The normalized spacial score (nSPS) is 59.0. The number of hydrogen-bond acceptors (Lipinski definition) is 13. The second-order valence-electron chi connectivity index (χ2n) is 18.7. The molecule has 4 saturated carbocycles. The highest BCUT2D eigenvalue weighted by atomic mass is 16.8. The van der Waals surface area contributed by atoms with Gasteiger partial charge in [0.2, 0.25) is 0 Å². The van der Waals surface area contributed by atoms with Crippen molar-refractivity contribution in [3.8, 4) is 0 Å². The van der Waals surface area contributed by atoms with Crippen LogP contribution in [0.2, 0.25) is 0 Å². The molecular weight excluding hydrogens is 676 g/mol. The van der Waals surface area contributed by atoms with Gasteiger partial charge in [-0.25, -0.2) is 0 Å². The van der Waals surface area contributed by atoms with Crippen molar-refractivity contribution in [1.29, 1.82) is 0 Å². The molecule has 22 atom stereocenters. The fourth-order valence-corrected chi connectivity index (χ4v) is 13.2. The van der Waals surface area contributed by atoms with Crippen molar-refractivity contribution < 1.29 is 64.2 Å². The Morgan fingerprint density at radius 2 is 1.37 bits per heavy atom. The Balaban J connectivity index is 0.942. The van der Waals surface area contributed by atoms with Gasteiger partial charge in [-0.05, 0) is 104 Å². The van der Waals surface area contributed by atoms with Gasteiger partial charge in [0.1, 0.15) is 48.8 Å². The van der Waals surface area contributed by atoms with Gasteiger partial charge in [0.15, 0.2) is 18.4 Å². The third kappa shape index (κ3) is 5.98. The summed E-state index contributed by atoms with van der Waals surface area (Å²) in [5, 5.41) is 72.7. The summed E-state index contributed by atoms with van der Waals surface area (Å²) in [6.45, 7) is 9.33. The maximum Gasteiger partial charge on any atom is 0.187 e. The van der Waals surface area contributed by atoms with Crippen LogP contribution in [0.25, 0.3) is 0 Å². The lowest BCUT2D eigenvalue weighted by atomic mass is 9.44. The van der Waals surface area contributed by atoms with Crippen molar-refractivity contribution >= 4 is 0 Å². The first kappa shape index (κ1) is 38.4. The smallest absolute Gasteiger partial charge is 0.187 e. The van der Waals surface area contributed by atoms with E-state index in [0.29, 0.717) is 41.4 Å². The van der Waals surface area contributed by atoms with Crippen LogP contribution in [-0.4, -0.2) is 135 Å². The van der Waals surface area contributed by atoms with Gasteiger partial charge in [0.05, 0.1) is 32.0 Å². The third-order valence-electron chi connectivity index (χ3n) is 16.2. The largest absolute Gasteiger partial charge is 0.394 e. The number of ether oxygens (including phenoxy) is 6. The monoisotopic (exact) mass is 740 g/mol. The molecule has 0 bridgehead atoms. The van der Waals surface area contributed by atoms with E-state index < -0.39 is 80.4 Å². The Morgan fingerprint density at radius 3 is 2.06 bits per heavy atom. The minimum Gasteiger partial charge on any atom is -0.394 e. The zero-order chi connectivity index (χ0) is 36.9. The standard InChI is InChI=1S/C39H64O13/c1-18-7-12-39(47-17-18)19(2)28-25(52-39)14-24-22-6-5-20-13-21(8-10-37(20,3)23(22)9-11-38(24,28)4)48-36-34(32(45)30(43)27(16-41)50-36)51-35-33(46)31(44)29(42)26(15-40)49-35/h18-36,40-46H,5-17H2,1-4H3/t18-,19+,20-,21+,22+,23+,24+,25-,26-,27-,28-,29-,30+,31+,32+,33-,34-,35+,36-,37+,38+,39-/m1/s1. The van der Waals surface area contributed by atoms with E-state index in [9.17, 15) is 35.7 Å². The average Bonchev–Trinajstić information content (AvgIpc) is 3.58. The second kappa shape index (κ2) is 14.1. The van der Waals surface area contributed by atoms with Gasteiger partial charge in [-0.2, -0.15) is 0 Å². The first-order valence-electron chi connectivity index (χ1n) is 20.3. The molecule has 8 fully saturated rings. The van der Waals surface area contributed by atoms with Gasteiger partial charge < -0.3 is 64.2 Å². The van der Waals surface area contributed by atoms with Crippen LogP contribution < -0.4 is 0 Å². The van der Waals surface area contributed by atoms with Gasteiger partial charge >= 0.3 is 0 Å². The number of aliphatic hydroxyl groups is 7. The minimum absolute atomic E-state index is 0.168. The van der Waals surface area contributed by atoms with Crippen molar-refractivity contribution in [2.24, 2.45) is 52.3 Å². The third-order valence-corrected chi connectivity index (χ3v) is 16.2. The van der Waals surface area contributed by atoms with Gasteiger partial charge in [-0.3, -0.25) is 0 Å². The molecule has 4 saturated heterocycles. The first-order chi connectivity index (χ1) is 24.7. The first-order valence-corrected chi connectivity index (χ1v) is 20.3. The van der Waals surface area contributed by atoms with Crippen LogP contribution in [0.3, 0.4) is 0 Å². The van der Waals surface area contributed by atoms with E-state index in [4.69, 9.17) is 28.4 Å². The molecule has 1 spiro atoms. The Hall–Kier alpha value is -0.520. The molecule has 13 heteroatoms. The SMILES string of the molecule is C[C@@H]1CC[C@@]2(OC1)O[C@@H]1C[C@H]3[C@H]4CC[C@@H]5C[C@@H](O[C@@H]6O[C@H](CO)[C@H](O)[C@H](O)[C@H]6O[C@@H]6O[C@H](CO)[C@@H](O)[C@H](O)[C@H]6O)CC[C@]5(C)[C@H]4CC[C@]3(C)[C@@H]1[C@@H]2C. The summed E-state index contributed by atoms with van der Waals surface area (Å²) < 4.78 is 37.5. The van der Waals surface area contributed by atoms with Crippen LogP contribution in [-0.2, 0) is 28.4 Å². The molecule has 4 aliphatic heterocycles. The highest BCUT2D eigenvalue weighted by Gasteiger charge is 2.69. The highest BCUT2D eigenvalue weighted by Crippen LogP contribution is 2.71. The molecule has 13 nitrogen and oxygen atoms in total. The van der Waals surface area contributed by atoms with E-state index >= 15 is 0 Å². The Bertz CT molecular complexity index is 1260. The molecule has 8 rings (SSSR count). The zero-order valence-electron chi connectivity index (χ0n) is 31.2. The van der Waals surface area contributed by atoms with Gasteiger partial charge in [0, 0.05) is 12.3 Å². The fourth-order valence-electron chi connectivity index (χ4n) is 13.2. The molecule has 298 valence electrons. The molecule has 0 aromatic carbocycles. The molecule has 4 aliphatic carbocycles. The molecule has 0 amide bonds. The van der Waals surface area contributed by atoms with Crippen molar-refractivity contribution in [3.05, 3.63) is 0 Å². The Kier molecular flexibility index (Phi) is 10.4. The van der Waals surface area contributed by atoms with Crippen molar-refractivity contribution in [3.63, 3.8) is 0 Å². The van der Waals surface area contributed by atoms with Crippen LogP contribution in [0.4, 0.5) is 0 Å². The quantitative estimate of drug-likeness (QED) is 0.194. The minimum atomic E-state index is -1.71. The molecule has 7 N–H and O–H groups in total. The molecular formula is C39H64O13. The average molecular weight is 741 g/mol. The molecule has 8 aliphatic rings. The van der Waals surface area contributed by atoms with E-state index in [1.165, 1.54) is 25.7 Å². The molecule has 4 heterocycles. The fraction of sp³-hybridized carbons (Fsp3) is 1.00. The summed E-state index contributed by atoms with van der Waals surface area (Å²) in [6, 6.07) is 0. The lowest BCUT2D eigenvalue weighted by Crippen LogP contribution is -2.65. The highest BCUT2D eigenvalue weighted by molar-refractivity contribution is 5.15. The van der Waals surface area contributed by atoms with E-state index in [0.717, 1.165) is 45.1 Å². The molecule has 0 aromatic heterocycles. The lowest BCUT2D eigenvalue weighted by Gasteiger charge is -2.61. The molecule has 0 unspecified atom stereocenters. The predicted octanol–water partition coefficient (Wildman–Crippen LogP) is 1.44. The maximum absolute atomic E-state index is 11.1. The lowest BCUT2D eigenvalue weighted by molar-refractivity contribution is -0.373. The van der Waals surface area contributed by atoms with Gasteiger partial charge in [-0.1, -0.05) is 27.7 Å². The van der Waals surface area contributed by atoms with Crippen LogP contribution in [0.5, 0.6) is 0 Å². The van der Waals surface area contributed by atoms with Crippen LogP contribution >= 0.6 is 0 Å². The van der Waals surface area contributed by atoms with Crippen LogP contribution in [0, 0.1) is 52.3 Å². The van der Waals surface area contributed by atoms with Gasteiger partial charge in [-0.15, -0.1) is 0 Å². The summed E-state index contributed by atoms with van der Waals surface area (Å²) in [5.74, 6) is 3.51. The van der Waals surface area contributed by atoms with Crippen LogP contribution in [0.15, 0.2) is 0 Å².